The molecule has 4 rings (SSSR count). The first-order chi connectivity index (χ1) is 17.0. The molecule has 0 aliphatic carbocycles. The molecule has 1 amide bonds. The fourth-order valence-corrected chi connectivity index (χ4v) is 4.70. The van der Waals surface area contributed by atoms with Crippen molar-refractivity contribution in [3.8, 4) is 0 Å². The van der Waals surface area contributed by atoms with Crippen LogP contribution in [0.15, 0.2) is 72.8 Å². The van der Waals surface area contributed by atoms with Gasteiger partial charge in [0.1, 0.15) is 11.6 Å². The van der Waals surface area contributed by atoms with Crippen LogP contribution in [-0.4, -0.2) is 28.4 Å². The third kappa shape index (κ3) is 7.49. The number of carbonyl (C=O) groups excluding carboxylic acids is 1. The number of anilines is 1. The van der Waals surface area contributed by atoms with E-state index in [1.165, 1.54) is 23.7 Å². The molecule has 0 atom stereocenters. The lowest BCUT2D eigenvalue weighted by Gasteiger charge is -2.21. The monoisotopic (exact) mass is 528 g/mol. The third-order valence-electron chi connectivity index (χ3n) is 5.29. The van der Waals surface area contributed by atoms with Gasteiger partial charge in [0.15, 0.2) is 0 Å². The van der Waals surface area contributed by atoms with Crippen molar-refractivity contribution < 1.29 is 9.18 Å². The van der Waals surface area contributed by atoms with Crippen molar-refractivity contribution in [1.29, 1.82) is 0 Å². The van der Waals surface area contributed by atoms with Crippen LogP contribution in [0, 0.1) is 5.82 Å². The summed E-state index contributed by atoms with van der Waals surface area (Å²) in [5.41, 5.74) is 2.90. The minimum atomic E-state index is -0.279. The van der Waals surface area contributed by atoms with E-state index in [1.54, 1.807) is 24.3 Å². The predicted octanol–water partition coefficient (Wildman–Crippen LogP) is 5.94. The Morgan fingerprint density at radius 2 is 1.77 bits per heavy atom. The molecule has 1 heterocycles. The minimum absolute atomic E-state index is 0.124. The molecule has 0 saturated carbocycles. The number of rotatable bonds is 10. The van der Waals surface area contributed by atoms with Crippen LogP contribution >= 0.6 is 34.7 Å². The van der Waals surface area contributed by atoms with Gasteiger partial charge < -0.3 is 10.2 Å². The normalized spacial score (nSPS) is 10.8. The number of benzene rings is 3. The fourth-order valence-electron chi connectivity index (χ4n) is 3.52. The summed E-state index contributed by atoms with van der Waals surface area (Å²) in [6, 6.07) is 21.5. The van der Waals surface area contributed by atoms with E-state index in [0.29, 0.717) is 46.9 Å². The second kappa shape index (κ2) is 12.1. The first kappa shape index (κ1) is 25.1. The number of carbonyl (C=O) groups is 1. The zero-order valence-corrected chi connectivity index (χ0v) is 21.1. The van der Waals surface area contributed by atoms with Gasteiger partial charge in [-0.15, -0.1) is 0 Å². The van der Waals surface area contributed by atoms with Crippen molar-refractivity contribution in [3.05, 3.63) is 111 Å². The molecule has 9 heteroatoms. The maximum atomic E-state index is 13.2. The van der Waals surface area contributed by atoms with E-state index in [1.807, 2.05) is 41.3 Å². The SMILES string of the molecule is O=C(CN(Cc1ccccc1)c1nc(Cc2ccc(F)cc2)ns1)NCCc1ccc(Cl)cc1Cl. The van der Waals surface area contributed by atoms with Crippen molar-refractivity contribution in [1.82, 2.24) is 14.7 Å². The lowest BCUT2D eigenvalue weighted by molar-refractivity contribution is -0.119. The van der Waals surface area contributed by atoms with Gasteiger partial charge in [0.25, 0.3) is 0 Å². The summed E-state index contributed by atoms with van der Waals surface area (Å²) in [5, 5.41) is 4.78. The molecule has 35 heavy (non-hydrogen) atoms. The number of nitrogens with zero attached hydrogens (tertiary/aromatic N) is 3. The maximum Gasteiger partial charge on any atom is 0.239 e. The lowest BCUT2D eigenvalue weighted by Crippen LogP contribution is -2.37. The summed E-state index contributed by atoms with van der Waals surface area (Å²) >= 11 is 13.4. The Hall–Kier alpha value is -3.00. The van der Waals surface area contributed by atoms with Crippen LogP contribution in [-0.2, 0) is 24.2 Å². The molecular formula is C26H23Cl2FN4OS. The summed E-state index contributed by atoms with van der Waals surface area (Å²) in [6.45, 7) is 1.10. The fraction of sp³-hybridized carbons (Fsp3) is 0.192. The molecule has 0 bridgehead atoms. The molecular weight excluding hydrogens is 506 g/mol. The third-order valence-corrected chi connectivity index (χ3v) is 6.69. The van der Waals surface area contributed by atoms with Crippen molar-refractivity contribution in [2.24, 2.45) is 0 Å². The first-order valence-electron chi connectivity index (χ1n) is 11.0. The van der Waals surface area contributed by atoms with Crippen LogP contribution in [0.1, 0.15) is 22.5 Å². The number of halogens is 3. The number of hydrogen-bond donors (Lipinski definition) is 1. The second-order valence-corrected chi connectivity index (χ2v) is 9.55. The molecule has 0 saturated heterocycles. The standard InChI is InChI=1S/C26H23Cl2FN4OS/c27-21-9-8-20(23(28)15-21)12-13-30-25(34)17-33(16-19-4-2-1-3-5-19)26-31-24(32-35-26)14-18-6-10-22(29)11-7-18/h1-11,15H,12-14,16-17H2,(H,30,34). The Bertz CT molecular complexity index is 1270. The van der Waals surface area contributed by atoms with E-state index in [-0.39, 0.29) is 18.3 Å². The van der Waals surface area contributed by atoms with Gasteiger partial charge in [-0.3, -0.25) is 4.79 Å². The van der Waals surface area contributed by atoms with Crippen LogP contribution < -0.4 is 10.2 Å². The van der Waals surface area contributed by atoms with E-state index in [0.717, 1.165) is 16.7 Å². The topological polar surface area (TPSA) is 58.1 Å². The Balaban J connectivity index is 1.41. The maximum absolute atomic E-state index is 13.2. The van der Waals surface area contributed by atoms with Gasteiger partial charge in [-0.05, 0) is 47.4 Å². The zero-order valence-electron chi connectivity index (χ0n) is 18.8. The van der Waals surface area contributed by atoms with E-state index < -0.39 is 0 Å². The molecule has 0 spiro atoms. The largest absolute Gasteiger partial charge is 0.354 e. The minimum Gasteiger partial charge on any atom is -0.354 e. The average Bonchev–Trinajstić information content (AvgIpc) is 3.31. The van der Waals surface area contributed by atoms with Gasteiger partial charge in [0.2, 0.25) is 11.0 Å². The Labute approximate surface area is 217 Å². The number of hydrogen-bond acceptors (Lipinski definition) is 5. The number of nitrogens with one attached hydrogen (secondary N) is 1. The van der Waals surface area contributed by atoms with Gasteiger partial charge >= 0.3 is 0 Å². The molecule has 4 aromatic rings. The molecule has 180 valence electrons. The van der Waals surface area contributed by atoms with Crippen LogP contribution in [0.2, 0.25) is 10.0 Å². The van der Waals surface area contributed by atoms with E-state index in [4.69, 9.17) is 23.2 Å². The van der Waals surface area contributed by atoms with Gasteiger partial charge in [-0.1, -0.05) is 71.7 Å². The van der Waals surface area contributed by atoms with Gasteiger partial charge in [-0.25, -0.2) is 9.37 Å². The van der Waals surface area contributed by atoms with Crippen LogP contribution in [0.3, 0.4) is 0 Å². The van der Waals surface area contributed by atoms with E-state index in [2.05, 4.69) is 14.7 Å². The smallest absolute Gasteiger partial charge is 0.239 e. The molecule has 0 aliphatic rings. The predicted molar refractivity (Wildman–Crippen MR) is 140 cm³/mol. The quantitative estimate of drug-likeness (QED) is 0.276. The number of amides is 1. The molecule has 5 nitrogen and oxygen atoms in total. The molecule has 1 aromatic heterocycles. The summed E-state index contributed by atoms with van der Waals surface area (Å²) in [5.74, 6) is 0.229. The molecule has 0 radical (unpaired) electrons. The van der Waals surface area contributed by atoms with E-state index in [9.17, 15) is 9.18 Å². The Kier molecular flexibility index (Phi) is 8.69. The molecule has 1 N–H and O–H groups in total. The lowest BCUT2D eigenvalue weighted by atomic mass is 10.1. The highest BCUT2D eigenvalue weighted by atomic mass is 35.5. The highest BCUT2D eigenvalue weighted by molar-refractivity contribution is 7.09. The van der Waals surface area contributed by atoms with Crippen molar-refractivity contribution in [3.63, 3.8) is 0 Å². The molecule has 0 aliphatic heterocycles. The van der Waals surface area contributed by atoms with Gasteiger partial charge in [0.05, 0.1) is 6.54 Å². The molecule has 0 unspecified atom stereocenters. The van der Waals surface area contributed by atoms with Crippen molar-refractivity contribution >= 4 is 45.8 Å². The van der Waals surface area contributed by atoms with Crippen molar-refractivity contribution in [2.75, 3.05) is 18.0 Å². The van der Waals surface area contributed by atoms with E-state index >= 15 is 0 Å². The van der Waals surface area contributed by atoms with Crippen molar-refractivity contribution in [2.45, 2.75) is 19.4 Å². The second-order valence-electron chi connectivity index (χ2n) is 7.97. The molecule has 3 aromatic carbocycles. The Morgan fingerprint density at radius 3 is 2.51 bits per heavy atom. The van der Waals surface area contributed by atoms with Crippen LogP contribution in [0.4, 0.5) is 9.52 Å². The summed E-state index contributed by atoms with van der Waals surface area (Å²) in [6.07, 6.45) is 1.09. The number of aromatic nitrogens is 2. The van der Waals surface area contributed by atoms with Gasteiger partial charge in [0, 0.05) is 41.1 Å². The average molecular weight is 529 g/mol. The zero-order chi connectivity index (χ0) is 24.6. The highest BCUT2D eigenvalue weighted by Crippen LogP contribution is 2.22. The summed E-state index contributed by atoms with van der Waals surface area (Å²) in [4.78, 5) is 19.4. The Morgan fingerprint density at radius 1 is 1.00 bits per heavy atom. The molecule has 0 fully saturated rings. The van der Waals surface area contributed by atoms with Gasteiger partial charge in [-0.2, -0.15) is 4.37 Å². The highest BCUT2D eigenvalue weighted by Gasteiger charge is 2.17. The summed E-state index contributed by atoms with van der Waals surface area (Å²) in [7, 11) is 0. The van der Waals surface area contributed by atoms with Crippen LogP contribution in [0.5, 0.6) is 0 Å². The van der Waals surface area contributed by atoms with Crippen LogP contribution in [0.25, 0.3) is 0 Å². The summed E-state index contributed by atoms with van der Waals surface area (Å²) < 4.78 is 17.7. The first-order valence-corrected chi connectivity index (χ1v) is 12.6.